The first-order chi connectivity index (χ1) is 22.4. The molecule has 4 aromatic rings. The van der Waals surface area contributed by atoms with Crippen LogP contribution in [-0.2, 0) is 26.5 Å². The number of urea groups is 1. The van der Waals surface area contributed by atoms with E-state index in [4.69, 9.17) is 0 Å². The van der Waals surface area contributed by atoms with Gasteiger partial charge < -0.3 is 15.3 Å². The maximum atomic E-state index is 14.3. The number of aromatic hydroxyl groups is 2. The maximum Gasteiger partial charge on any atom is 0.354 e. The highest BCUT2D eigenvalue weighted by Gasteiger charge is 2.43. The fraction of sp³-hybridized carbons (Fsp3) is 0.0741. The fourth-order valence-corrected chi connectivity index (χ4v) is 7.05. The van der Waals surface area contributed by atoms with E-state index in [1.54, 1.807) is 0 Å². The smallest absolute Gasteiger partial charge is 0.354 e. The number of sulfonamides is 2. The van der Waals surface area contributed by atoms with E-state index in [-0.39, 0.29) is 14.2 Å². The van der Waals surface area contributed by atoms with E-state index in [1.165, 1.54) is 0 Å². The lowest BCUT2D eigenvalue weighted by molar-refractivity contribution is -0.385. The molecule has 1 atom stereocenters. The largest absolute Gasteiger partial charge is 0.504 e. The molecule has 0 spiro atoms. The molecule has 0 saturated carbocycles. The maximum absolute atomic E-state index is 14.3. The first-order valence-electron chi connectivity index (χ1n) is 13.0. The molecule has 0 radical (unpaired) electrons. The lowest BCUT2D eigenvalue weighted by Crippen LogP contribution is -2.53. The number of aliphatic hydroxyl groups excluding tert-OH is 1. The molecule has 0 aromatic heterocycles. The predicted octanol–water partition coefficient (Wildman–Crippen LogP) is 3.39. The SMILES string of the molecule is O=C(N(c1ccc([N+](=O)[O-])cc1)S(=O)(=O)c1ccc([N+](=O)[O-])cc1)N(C(O)Cc1ccc(O)c(O)c1)S(=O)(=O)c1ccc([N+](=O)[O-])cc1. The van der Waals surface area contributed by atoms with Crippen molar-refractivity contribution in [3.63, 3.8) is 0 Å². The molecule has 0 fully saturated rings. The Morgan fingerprint density at radius 3 is 1.48 bits per heavy atom. The number of aliphatic hydroxyl groups is 1. The Morgan fingerprint density at radius 2 is 1.06 bits per heavy atom. The zero-order chi connectivity index (χ0) is 35.6. The third kappa shape index (κ3) is 6.96. The van der Waals surface area contributed by atoms with Crippen molar-refractivity contribution in [2.24, 2.45) is 0 Å². The average molecular weight is 704 g/mol. The second kappa shape index (κ2) is 13.3. The second-order valence-electron chi connectivity index (χ2n) is 9.64. The summed E-state index contributed by atoms with van der Waals surface area (Å²) in [5, 5.41) is 64.3. The highest BCUT2D eigenvalue weighted by molar-refractivity contribution is 7.94. The summed E-state index contributed by atoms with van der Waals surface area (Å²) in [6, 6.07) is 10.2. The van der Waals surface area contributed by atoms with Crippen LogP contribution in [0, 0.1) is 30.3 Å². The molecule has 1 unspecified atom stereocenters. The summed E-state index contributed by atoms with van der Waals surface area (Å²) in [5.74, 6) is -1.28. The van der Waals surface area contributed by atoms with Gasteiger partial charge in [-0.2, -0.15) is 8.61 Å². The van der Waals surface area contributed by atoms with Gasteiger partial charge in [-0.3, -0.25) is 30.3 Å². The summed E-state index contributed by atoms with van der Waals surface area (Å²) in [5.41, 5.74) is -2.38. The van der Waals surface area contributed by atoms with Crippen molar-refractivity contribution in [3.05, 3.63) is 127 Å². The van der Waals surface area contributed by atoms with E-state index in [2.05, 4.69) is 0 Å². The van der Waals surface area contributed by atoms with Gasteiger partial charge in [0.1, 0.15) is 6.23 Å². The molecule has 48 heavy (non-hydrogen) atoms. The van der Waals surface area contributed by atoms with Crippen molar-refractivity contribution in [2.45, 2.75) is 22.4 Å². The molecule has 3 N–H and O–H groups in total. The van der Waals surface area contributed by atoms with Crippen LogP contribution in [0.4, 0.5) is 27.5 Å². The second-order valence-corrected chi connectivity index (χ2v) is 13.2. The van der Waals surface area contributed by atoms with Gasteiger partial charge in [-0.1, -0.05) is 6.07 Å². The van der Waals surface area contributed by atoms with E-state index in [0.717, 1.165) is 78.9 Å². The number of phenols is 2. The molecule has 4 rings (SSSR count). The molecule has 0 saturated heterocycles. The number of nitro groups is 3. The monoisotopic (exact) mass is 703 g/mol. The van der Waals surface area contributed by atoms with Gasteiger partial charge in [-0.05, 0) is 54.1 Å². The summed E-state index contributed by atoms with van der Waals surface area (Å²) >= 11 is 0. The Labute approximate surface area is 269 Å². The number of amides is 2. The molecule has 2 amide bonds. The third-order valence-electron chi connectivity index (χ3n) is 6.58. The van der Waals surface area contributed by atoms with Gasteiger partial charge in [0.05, 0.1) is 30.2 Å². The number of non-ortho nitro benzene ring substituents is 3. The zero-order valence-electron chi connectivity index (χ0n) is 23.8. The first-order valence-corrected chi connectivity index (χ1v) is 15.9. The molecule has 19 nitrogen and oxygen atoms in total. The number of rotatable bonds is 11. The van der Waals surface area contributed by atoms with Crippen molar-refractivity contribution in [1.82, 2.24) is 4.31 Å². The normalized spacial score (nSPS) is 12.1. The van der Waals surface area contributed by atoms with Crippen molar-refractivity contribution in [2.75, 3.05) is 4.31 Å². The van der Waals surface area contributed by atoms with Gasteiger partial charge in [-0.15, -0.1) is 0 Å². The summed E-state index contributed by atoms with van der Waals surface area (Å²) < 4.78 is 55.5. The van der Waals surface area contributed by atoms with Crippen LogP contribution in [0.2, 0.25) is 0 Å². The van der Waals surface area contributed by atoms with Crippen LogP contribution < -0.4 is 4.31 Å². The number of nitro benzene ring substituents is 3. The van der Waals surface area contributed by atoms with Crippen molar-refractivity contribution < 1.29 is 51.7 Å². The van der Waals surface area contributed by atoms with E-state index >= 15 is 0 Å². The van der Waals surface area contributed by atoms with Crippen molar-refractivity contribution in [3.8, 4) is 11.5 Å². The summed E-state index contributed by atoms with van der Waals surface area (Å²) in [7, 11) is -10.6. The van der Waals surface area contributed by atoms with Crippen LogP contribution in [0.15, 0.2) is 101 Å². The summed E-state index contributed by atoms with van der Waals surface area (Å²) in [6.07, 6.45) is -3.27. The lowest BCUT2D eigenvalue weighted by atomic mass is 10.1. The van der Waals surface area contributed by atoms with Gasteiger partial charge >= 0.3 is 6.03 Å². The first kappa shape index (κ1) is 34.7. The average Bonchev–Trinajstić information content (AvgIpc) is 3.03. The van der Waals surface area contributed by atoms with E-state index in [9.17, 15) is 67.3 Å². The molecular formula is C27H21N5O14S2. The topological polar surface area (TPSA) is 282 Å². The quantitative estimate of drug-likeness (QED) is 0.0874. The molecule has 0 aliphatic heterocycles. The molecule has 0 heterocycles. The van der Waals surface area contributed by atoms with Crippen LogP contribution in [0.3, 0.4) is 0 Å². The molecule has 0 aliphatic rings. The Bertz CT molecular complexity index is 2120. The van der Waals surface area contributed by atoms with Crippen molar-refractivity contribution in [1.29, 1.82) is 0 Å². The molecule has 21 heteroatoms. The Morgan fingerprint density at radius 1 is 0.646 bits per heavy atom. The predicted molar refractivity (Wildman–Crippen MR) is 163 cm³/mol. The number of carbonyl (C=O) groups is 1. The van der Waals surface area contributed by atoms with Gasteiger partial charge in [0.25, 0.3) is 37.1 Å². The summed E-state index contributed by atoms with van der Waals surface area (Å²) in [6.45, 7) is 0. The van der Waals surface area contributed by atoms with Crippen LogP contribution in [0.25, 0.3) is 0 Å². The van der Waals surface area contributed by atoms with Crippen molar-refractivity contribution >= 4 is 48.8 Å². The number of benzene rings is 4. The van der Waals surface area contributed by atoms with E-state index in [0.29, 0.717) is 12.1 Å². The van der Waals surface area contributed by atoms with Gasteiger partial charge in [0, 0.05) is 42.8 Å². The third-order valence-corrected chi connectivity index (χ3v) is 10.1. The standard InChI is InChI=1S/C27H21N5O14S2/c33-24-14-1-17(15-25(24)34)16-26(35)29(48(45,46)23-12-8-21(9-13-23)32(41)42)27(36)28(18-2-4-19(5-3-18)30(37)38)47(43,44)22-10-6-20(7-11-22)31(39)40/h1-15,26,33-35H,16H2. The lowest BCUT2D eigenvalue weighted by Gasteiger charge is -2.32. The fourth-order valence-electron chi connectivity index (χ4n) is 4.23. The van der Waals surface area contributed by atoms with Gasteiger partial charge in [-0.25, -0.2) is 21.6 Å². The molecule has 4 aromatic carbocycles. The van der Waals surface area contributed by atoms with Crippen LogP contribution in [0.5, 0.6) is 11.5 Å². The molecular weight excluding hydrogens is 682 g/mol. The van der Waals surface area contributed by atoms with Crippen LogP contribution in [-0.4, -0.2) is 63.5 Å². The van der Waals surface area contributed by atoms with E-state index in [1.807, 2.05) is 0 Å². The Balaban J connectivity index is 1.94. The molecule has 250 valence electrons. The summed E-state index contributed by atoms with van der Waals surface area (Å²) in [4.78, 5) is 43.7. The molecule has 0 bridgehead atoms. The van der Waals surface area contributed by atoms with E-state index < -0.39 is 97.5 Å². The highest BCUT2D eigenvalue weighted by Crippen LogP contribution is 2.32. The Kier molecular flexibility index (Phi) is 9.59. The minimum Gasteiger partial charge on any atom is -0.504 e. The number of nitrogens with zero attached hydrogens (tertiary/aromatic N) is 5. The highest BCUT2D eigenvalue weighted by atomic mass is 32.2. The number of phenolic OH excluding ortho intramolecular Hbond substituents is 2. The van der Waals surface area contributed by atoms with Crippen LogP contribution >= 0.6 is 0 Å². The Hall–Kier alpha value is -6.19. The van der Waals surface area contributed by atoms with Gasteiger partial charge in [0.15, 0.2) is 11.5 Å². The zero-order valence-corrected chi connectivity index (χ0v) is 25.5. The minimum atomic E-state index is -5.32. The van der Waals surface area contributed by atoms with Crippen LogP contribution in [0.1, 0.15) is 5.56 Å². The van der Waals surface area contributed by atoms with Gasteiger partial charge in [0.2, 0.25) is 0 Å². The number of hydrogen-bond donors (Lipinski definition) is 3. The number of hydrogen-bond acceptors (Lipinski definition) is 14. The molecule has 0 aliphatic carbocycles. The number of anilines is 1. The minimum absolute atomic E-state index is 0.0605. The number of carbonyl (C=O) groups excluding carboxylic acids is 1.